The zero-order valence-electron chi connectivity index (χ0n) is 25.3. The van der Waals surface area contributed by atoms with Crippen LogP contribution in [-0.2, 0) is 25.4 Å². The van der Waals surface area contributed by atoms with Crippen molar-refractivity contribution in [2.75, 3.05) is 6.54 Å². The molecule has 0 aliphatic rings. The summed E-state index contributed by atoms with van der Waals surface area (Å²) in [5, 5.41) is 18.8. The third-order valence-electron chi connectivity index (χ3n) is 6.56. The Balaban J connectivity index is 3.04. The second-order valence-electron chi connectivity index (χ2n) is 12.2. The molecule has 0 aliphatic carbocycles. The van der Waals surface area contributed by atoms with Gasteiger partial charge in [0.2, 0.25) is 11.8 Å². The summed E-state index contributed by atoms with van der Waals surface area (Å²) in [7, 11) is 0. The minimum absolute atomic E-state index is 0.215. The van der Waals surface area contributed by atoms with Gasteiger partial charge in [-0.2, -0.15) is 0 Å². The van der Waals surface area contributed by atoms with Crippen LogP contribution in [0.2, 0.25) is 13.1 Å². The van der Waals surface area contributed by atoms with Crippen molar-refractivity contribution in [2.45, 2.75) is 123 Å². The number of carbonyl (C=O) groups is 3. The second kappa shape index (κ2) is 15.3. The monoisotopic (exact) mass is 547 g/mol. The van der Waals surface area contributed by atoms with E-state index in [4.69, 9.17) is 9.39 Å². The fourth-order valence-electron chi connectivity index (χ4n) is 3.96. The Morgan fingerprint density at radius 3 is 2.15 bits per heavy atom. The predicted octanol–water partition coefficient (Wildman–Crippen LogP) is 4.10. The minimum atomic E-state index is -1.10. The lowest BCUT2D eigenvalue weighted by molar-refractivity contribution is -0.128. The van der Waals surface area contributed by atoms with Gasteiger partial charge in [0.05, 0.1) is 17.6 Å². The van der Waals surface area contributed by atoms with Gasteiger partial charge >= 0.3 is 6.09 Å². The molecule has 1 aromatic carbocycles. The third kappa shape index (κ3) is 13.9. The van der Waals surface area contributed by atoms with E-state index in [1.54, 1.807) is 41.5 Å². The topological polar surface area (TPSA) is 126 Å². The zero-order valence-corrected chi connectivity index (χ0v) is 25.3. The third-order valence-corrected chi connectivity index (χ3v) is 6.56. The molecule has 0 saturated carbocycles. The van der Waals surface area contributed by atoms with Crippen molar-refractivity contribution >= 4 is 24.8 Å². The molecule has 0 unspecified atom stereocenters. The van der Waals surface area contributed by atoms with Gasteiger partial charge in [-0.25, -0.2) is 4.79 Å². The van der Waals surface area contributed by atoms with Crippen LogP contribution in [-0.4, -0.2) is 65.4 Å². The van der Waals surface area contributed by atoms with Gasteiger partial charge in [-0.1, -0.05) is 37.2 Å². The van der Waals surface area contributed by atoms with Gasteiger partial charge < -0.3 is 30.4 Å². The lowest BCUT2D eigenvalue weighted by Crippen LogP contribution is -2.53. The number of rotatable bonds is 15. The Kier molecular flexibility index (Phi) is 13.5. The van der Waals surface area contributed by atoms with E-state index in [-0.39, 0.29) is 25.3 Å². The van der Waals surface area contributed by atoms with Crippen molar-refractivity contribution in [3.05, 3.63) is 35.9 Å². The molecule has 0 fully saturated rings. The van der Waals surface area contributed by atoms with Gasteiger partial charge in [0.1, 0.15) is 11.6 Å². The Morgan fingerprint density at radius 1 is 1.00 bits per heavy atom. The summed E-state index contributed by atoms with van der Waals surface area (Å²) >= 11 is 0. The van der Waals surface area contributed by atoms with E-state index in [1.165, 1.54) is 5.56 Å². The Hall–Kier alpha value is -2.59. The van der Waals surface area contributed by atoms with E-state index in [0.717, 1.165) is 12.8 Å². The fourth-order valence-corrected chi connectivity index (χ4v) is 3.96. The molecular formula is C29H50BN3O6. The quantitative estimate of drug-likeness (QED) is 0.245. The first-order chi connectivity index (χ1) is 17.9. The number of ether oxygens (including phenoxy) is 1. The van der Waals surface area contributed by atoms with Crippen LogP contribution < -0.4 is 16.0 Å². The van der Waals surface area contributed by atoms with E-state index in [1.807, 2.05) is 38.9 Å². The molecule has 0 radical (unpaired) electrons. The lowest BCUT2D eigenvalue weighted by atomic mass is 9.63. The normalized spacial score (nSPS) is 13.7. The molecule has 2 atom stereocenters. The van der Waals surface area contributed by atoms with Crippen LogP contribution in [0.1, 0.15) is 80.2 Å². The van der Waals surface area contributed by atoms with E-state index in [2.05, 4.69) is 28.1 Å². The van der Waals surface area contributed by atoms with Crippen molar-refractivity contribution in [2.24, 2.45) is 0 Å². The number of benzene rings is 1. The maximum atomic E-state index is 13.4. The predicted molar refractivity (Wildman–Crippen MR) is 156 cm³/mol. The molecule has 3 amide bonds. The molecule has 0 spiro atoms. The first kappa shape index (κ1) is 34.4. The van der Waals surface area contributed by atoms with Crippen molar-refractivity contribution in [3.8, 4) is 0 Å². The summed E-state index contributed by atoms with van der Waals surface area (Å²) in [5.41, 5.74) is -1.43. The van der Waals surface area contributed by atoms with E-state index in [9.17, 15) is 19.5 Å². The molecule has 39 heavy (non-hydrogen) atoms. The number of alkyl carbamates (subject to hydrolysis) is 1. The van der Waals surface area contributed by atoms with Gasteiger partial charge in [0.25, 0.3) is 6.92 Å². The van der Waals surface area contributed by atoms with Crippen LogP contribution in [0, 0.1) is 0 Å². The van der Waals surface area contributed by atoms with Gasteiger partial charge in [-0.3, -0.25) is 9.59 Å². The molecule has 0 heterocycles. The van der Waals surface area contributed by atoms with E-state index >= 15 is 0 Å². The SMILES string of the molecule is CCNC(=O)C[C@@H](NC(=O)OC(C)(C)C)C(=O)N[C@@H](CCCc1ccccc1)CB(C)OC(C)(C)C(C)(C)O. The first-order valence-electron chi connectivity index (χ1n) is 13.9. The Bertz CT molecular complexity index is 912. The summed E-state index contributed by atoms with van der Waals surface area (Å²) in [6.07, 6.45) is 1.83. The Morgan fingerprint density at radius 2 is 1.62 bits per heavy atom. The number of hydrogen-bond donors (Lipinski definition) is 4. The molecule has 220 valence electrons. The highest BCUT2D eigenvalue weighted by Crippen LogP contribution is 2.27. The molecule has 4 N–H and O–H groups in total. The largest absolute Gasteiger partial charge is 0.444 e. The number of nitrogens with one attached hydrogen (secondary N) is 3. The van der Waals surface area contributed by atoms with Crippen LogP contribution in [0.5, 0.6) is 0 Å². The summed E-state index contributed by atoms with van der Waals surface area (Å²) in [4.78, 5) is 38.2. The minimum Gasteiger partial charge on any atom is -0.444 e. The standard InChI is InChI=1S/C29H50BN3O6/c1-10-31-24(34)19-23(33-26(36)38-27(2,3)4)25(35)32-22(18-14-17-21-15-12-11-13-16-21)20-30(9)39-29(7,8)28(5,6)37/h11-13,15-16,22-23,37H,10,14,17-20H2,1-9H3,(H,31,34)(H,32,35)(H,33,36)/t22-,23+/m0/s1. The van der Waals surface area contributed by atoms with Gasteiger partial charge in [-0.15, -0.1) is 0 Å². The average Bonchev–Trinajstić information content (AvgIpc) is 2.77. The molecule has 10 heteroatoms. The molecule has 1 rings (SSSR count). The second-order valence-corrected chi connectivity index (χ2v) is 12.2. The van der Waals surface area contributed by atoms with E-state index < -0.39 is 34.8 Å². The van der Waals surface area contributed by atoms with Crippen molar-refractivity contribution < 1.29 is 28.9 Å². The lowest BCUT2D eigenvalue weighted by Gasteiger charge is -2.40. The summed E-state index contributed by atoms with van der Waals surface area (Å²) in [5.74, 6) is -0.816. The summed E-state index contributed by atoms with van der Waals surface area (Å²) in [6, 6.07) is 8.71. The first-order valence-corrected chi connectivity index (χ1v) is 13.9. The molecule has 9 nitrogen and oxygen atoms in total. The van der Waals surface area contributed by atoms with Crippen molar-refractivity contribution in [1.29, 1.82) is 0 Å². The summed E-state index contributed by atoms with van der Waals surface area (Å²) < 4.78 is 11.5. The molecule has 1 aromatic rings. The average molecular weight is 548 g/mol. The molecular weight excluding hydrogens is 497 g/mol. The maximum absolute atomic E-state index is 13.4. The number of amides is 3. The molecule has 0 aromatic heterocycles. The highest BCUT2D eigenvalue weighted by molar-refractivity contribution is 6.50. The van der Waals surface area contributed by atoms with Crippen LogP contribution in [0.4, 0.5) is 4.79 Å². The highest BCUT2D eigenvalue weighted by atomic mass is 16.6. The Labute approximate surface area is 235 Å². The van der Waals surface area contributed by atoms with Gasteiger partial charge in [0.15, 0.2) is 0 Å². The van der Waals surface area contributed by atoms with Gasteiger partial charge in [-0.05, 0) is 86.5 Å². The van der Waals surface area contributed by atoms with Gasteiger partial charge in [0, 0.05) is 12.6 Å². The maximum Gasteiger partial charge on any atom is 0.408 e. The molecule has 0 bridgehead atoms. The van der Waals surface area contributed by atoms with Crippen molar-refractivity contribution in [3.63, 3.8) is 0 Å². The number of aryl methyl sites for hydroxylation is 1. The van der Waals surface area contributed by atoms with Crippen molar-refractivity contribution in [1.82, 2.24) is 16.0 Å². The smallest absolute Gasteiger partial charge is 0.408 e. The molecule has 0 saturated heterocycles. The number of carbonyl (C=O) groups excluding carboxylic acids is 3. The molecule has 0 aliphatic heterocycles. The van der Waals surface area contributed by atoms with Crippen LogP contribution in [0.25, 0.3) is 0 Å². The highest BCUT2D eigenvalue weighted by Gasteiger charge is 2.38. The van der Waals surface area contributed by atoms with Crippen LogP contribution in [0.15, 0.2) is 30.3 Å². The summed E-state index contributed by atoms with van der Waals surface area (Å²) in [6.45, 7) is 16.1. The van der Waals surface area contributed by atoms with E-state index in [0.29, 0.717) is 19.3 Å². The fraction of sp³-hybridized carbons (Fsp3) is 0.690. The number of hydrogen-bond acceptors (Lipinski definition) is 6. The number of aliphatic hydroxyl groups is 1. The van der Waals surface area contributed by atoms with Crippen LogP contribution >= 0.6 is 0 Å². The zero-order chi connectivity index (χ0) is 29.9. The van der Waals surface area contributed by atoms with Crippen LogP contribution in [0.3, 0.4) is 0 Å².